The fraction of sp³-hybridized carbons (Fsp3) is 0.435. The molecule has 1 atom stereocenters. The lowest BCUT2D eigenvalue weighted by atomic mass is 10.1. The van der Waals surface area contributed by atoms with E-state index in [2.05, 4.69) is 46.4 Å². The van der Waals surface area contributed by atoms with Crippen LogP contribution < -0.4 is 10.1 Å². The zero-order chi connectivity index (χ0) is 19.6. The molecule has 3 rings (SSSR count). The van der Waals surface area contributed by atoms with Gasteiger partial charge >= 0.3 is 0 Å². The van der Waals surface area contributed by atoms with Crippen LogP contribution in [0.5, 0.6) is 5.75 Å². The summed E-state index contributed by atoms with van der Waals surface area (Å²) in [6.45, 7) is 6.88. The van der Waals surface area contributed by atoms with E-state index in [1.807, 2.05) is 37.4 Å². The summed E-state index contributed by atoms with van der Waals surface area (Å²) in [5.74, 6) is 2.39. The molecule has 1 aliphatic rings. The number of benzene rings is 2. The zero-order valence-electron chi connectivity index (χ0n) is 17.3. The third-order valence-corrected chi connectivity index (χ3v) is 4.94. The molecule has 0 amide bonds. The van der Waals surface area contributed by atoms with Crippen molar-refractivity contribution in [3.63, 3.8) is 0 Å². The van der Waals surface area contributed by atoms with Gasteiger partial charge in [-0.3, -0.25) is 4.99 Å². The van der Waals surface area contributed by atoms with E-state index in [4.69, 9.17) is 9.47 Å². The maximum Gasteiger partial charge on any atom is 0.193 e. The Labute approximate surface area is 191 Å². The molecule has 29 heavy (non-hydrogen) atoms. The molecule has 5 nitrogen and oxygen atoms in total. The van der Waals surface area contributed by atoms with Crippen molar-refractivity contribution in [2.45, 2.75) is 20.0 Å². The summed E-state index contributed by atoms with van der Waals surface area (Å²) in [6.07, 6.45) is 1.13. The Morgan fingerprint density at radius 2 is 1.90 bits per heavy atom. The van der Waals surface area contributed by atoms with Crippen LogP contribution in [0, 0.1) is 12.8 Å². The lowest BCUT2D eigenvalue weighted by Gasteiger charge is -2.21. The molecule has 2 aromatic rings. The van der Waals surface area contributed by atoms with E-state index in [1.54, 1.807) is 0 Å². The van der Waals surface area contributed by atoms with Gasteiger partial charge in [-0.25, -0.2) is 0 Å². The average molecular weight is 509 g/mol. The molecule has 0 radical (unpaired) electrons. The first kappa shape index (κ1) is 23.5. The Kier molecular flexibility index (Phi) is 10.3. The highest BCUT2D eigenvalue weighted by atomic mass is 127. The van der Waals surface area contributed by atoms with E-state index in [0.29, 0.717) is 19.1 Å². The van der Waals surface area contributed by atoms with Gasteiger partial charge < -0.3 is 19.7 Å². The quantitative estimate of drug-likeness (QED) is 0.252. The predicted molar refractivity (Wildman–Crippen MR) is 129 cm³/mol. The fourth-order valence-electron chi connectivity index (χ4n) is 3.38. The maximum absolute atomic E-state index is 5.91. The minimum absolute atomic E-state index is 0. The number of hydrogen-bond donors (Lipinski definition) is 1. The van der Waals surface area contributed by atoms with Gasteiger partial charge in [0.2, 0.25) is 0 Å². The lowest BCUT2D eigenvalue weighted by Crippen LogP contribution is -2.41. The Balaban J connectivity index is 0.00000300. The van der Waals surface area contributed by atoms with Crippen molar-refractivity contribution in [2.24, 2.45) is 10.9 Å². The molecular weight excluding hydrogens is 477 g/mol. The van der Waals surface area contributed by atoms with Crippen molar-refractivity contribution >= 4 is 29.9 Å². The lowest BCUT2D eigenvalue weighted by molar-refractivity contribution is 0.0906. The van der Waals surface area contributed by atoms with Gasteiger partial charge in [-0.05, 0) is 31.0 Å². The second kappa shape index (κ2) is 12.7. The minimum Gasteiger partial charge on any atom is -0.492 e. The summed E-state index contributed by atoms with van der Waals surface area (Å²) in [7, 11) is 1.84. The summed E-state index contributed by atoms with van der Waals surface area (Å²) in [6, 6.07) is 18.5. The van der Waals surface area contributed by atoms with Crippen molar-refractivity contribution in [1.82, 2.24) is 10.2 Å². The first-order valence-electron chi connectivity index (χ1n) is 10.0. The molecule has 6 heteroatoms. The third-order valence-electron chi connectivity index (χ3n) is 4.94. The zero-order valence-corrected chi connectivity index (χ0v) is 19.7. The van der Waals surface area contributed by atoms with Crippen molar-refractivity contribution in [3.8, 4) is 5.75 Å². The number of rotatable bonds is 8. The summed E-state index contributed by atoms with van der Waals surface area (Å²) in [4.78, 5) is 6.73. The maximum atomic E-state index is 5.91. The van der Waals surface area contributed by atoms with Gasteiger partial charge in [0.05, 0.1) is 19.8 Å². The van der Waals surface area contributed by atoms with Crippen molar-refractivity contribution < 1.29 is 9.47 Å². The topological polar surface area (TPSA) is 46.1 Å². The largest absolute Gasteiger partial charge is 0.492 e. The van der Waals surface area contributed by atoms with Crippen LogP contribution in [0.4, 0.5) is 0 Å². The van der Waals surface area contributed by atoms with Gasteiger partial charge in [0, 0.05) is 26.1 Å². The smallest absolute Gasteiger partial charge is 0.193 e. The Morgan fingerprint density at radius 3 is 2.62 bits per heavy atom. The van der Waals surface area contributed by atoms with Crippen LogP contribution in [0.3, 0.4) is 0 Å². The van der Waals surface area contributed by atoms with Crippen LogP contribution in [-0.2, 0) is 11.3 Å². The number of nitrogens with zero attached hydrogens (tertiary/aromatic N) is 2. The van der Waals surface area contributed by atoms with E-state index in [1.165, 1.54) is 11.1 Å². The number of likely N-dealkylation sites (tertiary alicyclic amines) is 1. The van der Waals surface area contributed by atoms with Crippen LogP contribution in [0.25, 0.3) is 0 Å². The van der Waals surface area contributed by atoms with E-state index in [-0.39, 0.29) is 24.0 Å². The SMILES string of the molecule is CN=C(NCCOc1ccc(C)cc1)N1CCC(COCc2ccccc2)C1.I. The molecule has 1 fully saturated rings. The van der Waals surface area contributed by atoms with Crippen LogP contribution >= 0.6 is 24.0 Å². The number of hydrogen-bond acceptors (Lipinski definition) is 3. The van der Waals surface area contributed by atoms with E-state index in [9.17, 15) is 0 Å². The number of guanidine groups is 1. The van der Waals surface area contributed by atoms with Gasteiger partial charge in [-0.1, -0.05) is 48.0 Å². The molecule has 0 saturated carbocycles. The molecule has 1 unspecified atom stereocenters. The Bertz CT molecular complexity index is 738. The minimum atomic E-state index is 0. The number of aryl methyl sites for hydroxylation is 1. The molecule has 0 spiro atoms. The monoisotopic (exact) mass is 509 g/mol. The van der Waals surface area contributed by atoms with Crippen LogP contribution in [-0.4, -0.2) is 50.8 Å². The first-order chi connectivity index (χ1) is 13.7. The Morgan fingerprint density at radius 1 is 1.14 bits per heavy atom. The van der Waals surface area contributed by atoms with Gasteiger partial charge in [0.15, 0.2) is 5.96 Å². The molecule has 1 heterocycles. The Hall–Kier alpha value is -1.80. The first-order valence-corrected chi connectivity index (χ1v) is 10.0. The summed E-state index contributed by atoms with van der Waals surface area (Å²) >= 11 is 0. The van der Waals surface area contributed by atoms with Gasteiger partial charge in [-0.15, -0.1) is 24.0 Å². The molecule has 1 saturated heterocycles. The van der Waals surface area contributed by atoms with Gasteiger partial charge in [0.25, 0.3) is 0 Å². The summed E-state index contributed by atoms with van der Waals surface area (Å²) in [5.41, 5.74) is 2.46. The molecule has 0 aliphatic carbocycles. The second-order valence-electron chi connectivity index (χ2n) is 7.24. The predicted octanol–water partition coefficient (Wildman–Crippen LogP) is 4.11. The average Bonchev–Trinajstić information content (AvgIpc) is 3.19. The summed E-state index contributed by atoms with van der Waals surface area (Å²) < 4.78 is 11.7. The molecule has 0 bridgehead atoms. The van der Waals surface area contributed by atoms with Crippen molar-refractivity contribution in [1.29, 1.82) is 0 Å². The number of aliphatic imine (C=N–C) groups is 1. The van der Waals surface area contributed by atoms with E-state index >= 15 is 0 Å². The van der Waals surface area contributed by atoms with Crippen LogP contribution in [0.15, 0.2) is 59.6 Å². The van der Waals surface area contributed by atoms with E-state index in [0.717, 1.165) is 44.4 Å². The second-order valence-corrected chi connectivity index (χ2v) is 7.24. The number of ether oxygens (including phenoxy) is 2. The highest BCUT2D eigenvalue weighted by Gasteiger charge is 2.24. The molecule has 0 aromatic heterocycles. The number of halogens is 1. The van der Waals surface area contributed by atoms with Crippen LogP contribution in [0.1, 0.15) is 17.5 Å². The third kappa shape index (κ3) is 7.85. The van der Waals surface area contributed by atoms with Crippen LogP contribution in [0.2, 0.25) is 0 Å². The van der Waals surface area contributed by atoms with Crippen molar-refractivity contribution in [2.75, 3.05) is 39.9 Å². The van der Waals surface area contributed by atoms with Crippen molar-refractivity contribution in [3.05, 3.63) is 65.7 Å². The van der Waals surface area contributed by atoms with Gasteiger partial charge in [-0.2, -0.15) is 0 Å². The molecular formula is C23H32IN3O2. The highest BCUT2D eigenvalue weighted by Crippen LogP contribution is 2.17. The molecule has 158 valence electrons. The van der Waals surface area contributed by atoms with E-state index < -0.39 is 0 Å². The van der Waals surface area contributed by atoms with Gasteiger partial charge in [0.1, 0.15) is 12.4 Å². The number of nitrogens with one attached hydrogen (secondary N) is 1. The molecule has 1 aliphatic heterocycles. The highest BCUT2D eigenvalue weighted by molar-refractivity contribution is 14.0. The fourth-order valence-corrected chi connectivity index (χ4v) is 3.38. The molecule has 2 aromatic carbocycles. The molecule has 1 N–H and O–H groups in total. The normalized spacial score (nSPS) is 16.4. The standard InChI is InChI=1S/C23H31N3O2.HI/c1-19-8-10-22(11-9-19)28-15-13-25-23(24-2)26-14-12-21(16-26)18-27-17-20-6-4-3-5-7-20;/h3-11,21H,12-18H2,1-2H3,(H,24,25);1H. The summed E-state index contributed by atoms with van der Waals surface area (Å²) in [5, 5.41) is 3.41.